The second kappa shape index (κ2) is 24.9. The molecule has 10 rings (SSSR count). The number of pyridine rings is 1. The molecule has 6 bridgehead atoms. The van der Waals surface area contributed by atoms with Crippen LogP contribution in [-0.4, -0.2) is 151 Å². The van der Waals surface area contributed by atoms with Gasteiger partial charge in [-0.25, -0.2) is 13.8 Å². The van der Waals surface area contributed by atoms with E-state index in [9.17, 15) is 32.7 Å². The molecule has 6 unspecified atom stereocenters. The predicted molar refractivity (Wildman–Crippen MR) is 328 cm³/mol. The molecule has 1 aliphatic carbocycles. The highest BCUT2D eigenvalue weighted by Crippen LogP contribution is 2.51. The van der Waals surface area contributed by atoms with E-state index in [-0.39, 0.29) is 59.8 Å². The van der Waals surface area contributed by atoms with Crippen LogP contribution in [-0.2, 0) is 62.6 Å². The van der Waals surface area contributed by atoms with Gasteiger partial charge in [0.25, 0.3) is 11.8 Å². The van der Waals surface area contributed by atoms with Gasteiger partial charge in [0, 0.05) is 91.8 Å². The van der Waals surface area contributed by atoms with Gasteiger partial charge in [-0.1, -0.05) is 63.8 Å². The fourth-order valence-corrected chi connectivity index (χ4v) is 15.0. The lowest BCUT2D eigenvalue weighted by Crippen LogP contribution is -2.62. The third-order valence-corrected chi connectivity index (χ3v) is 20.0. The maximum Gasteiger partial charge on any atom is 0.324 e. The number of carbonyl (C=O) groups is 4. The molecule has 1 spiro atoms. The number of cyclic esters (lactones) is 1. The quantitative estimate of drug-likeness (QED) is 0.0533. The summed E-state index contributed by atoms with van der Waals surface area (Å²) < 4.78 is 45.0. The SMILES string of the molecule is CCn1c(-c2cc(C#CCN3CCC4(CC3)CC(S(C)(=O)=O)C4)cnc2C(C)OC)c2c3cc(ccc31)-c1cc(O)cc(c1)CC(NC(=O)C(C(C)C)N(C)C(=O)C1OCCC1c1ccc(N)cc1)C(=O)N1CCCC(N1)C(=O)OCC(C)(C)C2. The molecule has 5 N–H and O–H groups in total. The van der Waals surface area contributed by atoms with Crippen molar-refractivity contribution in [3.8, 4) is 40.0 Å². The van der Waals surface area contributed by atoms with E-state index in [2.05, 4.69) is 71.0 Å². The number of ether oxygens (including phenoxy) is 3. The summed E-state index contributed by atoms with van der Waals surface area (Å²) in [4.78, 5) is 67.4. The number of amides is 3. The number of piperidine rings is 1. The molecule has 3 aromatic carbocycles. The van der Waals surface area contributed by atoms with Gasteiger partial charge in [0.2, 0.25) is 5.91 Å². The molecule has 2 aromatic heterocycles. The number of nitrogens with zero attached hydrogens (tertiary/aromatic N) is 5. The van der Waals surface area contributed by atoms with E-state index in [1.807, 2.05) is 45.0 Å². The maximum absolute atomic E-state index is 15.0. The van der Waals surface area contributed by atoms with Crippen molar-refractivity contribution >= 4 is 50.1 Å². The standard InChI is InChI=1S/C66H84N8O10S/c1-10-73-56-20-17-45-34-51(56)53(59(73)52-31-42(38-68-57(52)41(4)82-8)13-11-24-72-26-22-66(23-27-72)35-49(36-66)85(9,80)81)37-65(5,6)39-84-64(79)54-14-12-25-74(70-54)62(77)55(32-43-29-46(45)33-48(75)30-43)69-61(76)58(40(2)3)71(7)63(78)60-50(21-28-83-60)44-15-18-47(67)19-16-44/h15-20,29-31,33-34,38,40-41,49-50,54-55,58,60,70,75H,10,12,14,21-28,32,35-37,39,67H2,1-9H3,(H,69,76). The van der Waals surface area contributed by atoms with Crippen molar-refractivity contribution in [3.63, 3.8) is 0 Å². The van der Waals surface area contributed by atoms with Crippen LogP contribution < -0.4 is 16.5 Å². The Bertz CT molecular complexity index is 3520. The number of carbonyl (C=O) groups excluding carboxylic acids is 4. The Morgan fingerprint density at radius 2 is 1.74 bits per heavy atom. The second-order valence-corrected chi connectivity index (χ2v) is 28.0. The number of likely N-dealkylation sites (N-methyl/N-ethyl adjacent to an activating group) is 1. The number of rotatable bonds is 12. The van der Waals surface area contributed by atoms with Crippen molar-refractivity contribution in [1.29, 1.82) is 0 Å². The fourth-order valence-electron chi connectivity index (χ4n) is 13.7. The Hall–Kier alpha value is -6.82. The molecule has 18 nitrogen and oxygen atoms in total. The van der Waals surface area contributed by atoms with Crippen LogP contribution in [0, 0.1) is 28.6 Å². The van der Waals surface area contributed by atoms with Crippen LogP contribution in [0.15, 0.2) is 72.9 Å². The highest BCUT2D eigenvalue weighted by atomic mass is 32.2. The monoisotopic (exact) mass is 1180 g/mol. The summed E-state index contributed by atoms with van der Waals surface area (Å²) in [6.07, 6.45) is 7.32. The number of anilines is 1. The largest absolute Gasteiger partial charge is 0.508 e. The van der Waals surface area contributed by atoms with Crippen LogP contribution >= 0.6 is 0 Å². The summed E-state index contributed by atoms with van der Waals surface area (Å²) in [5, 5.41) is 16.8. The van der Waals surface area contributed by atoms with Gasteiger partial charge in [-0.15, -0.1) is 0 Å². The van der Waals surface area contributed by atoms with Crippen LogP contribution in [0.4, 0.5) is 5.69 Å². The van der Waals surface area contributed by atoms with E-state index >= 15 is 0 Å². The Morgan fingerprint density at radius 1 is 1.00 bits per heavy atom. The normalized spacial score (nSPS) is 22.7. The Balaban J connectivity index is 0.996. The number of phenols is 1. The van der Waals surface area contributed by atoms with Gasteiger partial charge in [0.05, 0.1) is 35.9 Å². The van der Waals surface area contributed by atoms with E-state index in [4.69, 9.17) is 24.9 Å². The van der Waals surface area contributed by atoms with E-state index in [0.29, 0.717) is 62.2 Å². The molecule has 5 aromatic rings. The van der Waals surface area contributed by atoms with Crippen LogP contribution in [0.5, 0.6) is 5.75 Å². The number of aromatic nitrogens is 2. The number of nitrogens with one attached hydrogen (secondary N) is 2. The van der Waals surface area contributed by atoms with Crippen molar-refractivity contribution in [3.05, 3.63) is 101 Å². The van der Waals surface area contributed by atoms with Crippen molar-refractivity contribution in [1.82, 2.24) is 35.1 Å². The first-order chi connectivity index (χ1) is 40.4. The number of phenolic OH excluding ortho intramolecular Hbond substituents is 1. The Kier molecular flexibility index (Phi) is 17.9. The number of benzene rings is 3. The van der Waals surface area contributed by atoms with Gasteiger partial charge in [-0.2, -0.15) is 0 Å². The molecule has 0 radical (unpaired) electrons. The number of sulfone groups is 1. The molecule has 1 saturated carbocycles. The van der Waals surface area contributed by atoms with E-state index in [0.717, 1.165) is 88.9 Å². The van der Waals surface area contributed by atoms with Gasteiger partial charge in [-0.05, 0) is 160 Å². The number of nitrogens with two attached hydrogens (primary N) is 1. The van der Waals surface area contributed by atoms with Gasteiger partial charge >= 0.3 is 5.97 Å². The van der Waals surface area contributed by atoms with Gasteiger partial charge in [0.1, 0.15) is 39.8 Å². The van der Waals surface area contributed by atoms with Crippen molar-refractivity contribution < 1.29 is 46.9 Å². The lowest BCUT2D eigenvalue weighted by atomic mass is 9.63. The fraction of sp³-hybridized carbons (Fsp3) is 0.530. The van der Waals surface area contributed by atoms with Crippen molar-refractivity contribution in [2.75, 3.05) is 65.5 Å². The zero-order chi connectivity index (χ0) is 60.7. The van der Waals surface area contributed by atoms with Gasteiger partial charge in [-0.3, -0.25) is 34.1 Å². The smallest absolute Gasteiger partial charge is 0.324 e. The molecule has 4 fully saturated rings. The Morgan fingerprint density at radius 3 is 2.44 bits per heavy atom. The molecule has 3 amide bonds. The van der Waals surface area contributed by atoms with E-state index in [1.165, 1.54) is 16.2 Å². The second-order valence-electron chi connectivity index (χ2n) is 25.7. The Labute approximate surface area is 500 Å². The molecule has 6 heterocycles. The molecule has 3 saturated heterocycles. The topological polar surface area (TPSA) is 228 Å². The number of hydrogen-bond acceptors (Lipinski definition) is 14. The highest BCUT2D eigenvalue weighted by molar-refractivity contribution is 7.91. The molecule has 6 atom stereocenters. The summed E-state index contributed by atoms with van der Waals surface area (Å²) >= 11 is 0. The molecule has 85 heavy (non-hydrogen) atoms. The zero-order valence-corrected chi connectivity index (χ0v) is 51.5. The highest BCUT2D eigenvalue weighted by Gasteiger charge is 2.49. The summed E-state index contributed by atoms with van der Waals surface area (Å²) in [5.41, 5.74) is 17.5. The van der Waals surface area contributed by atoms with Crippen LogP contribution in [0.3, 0.4) is 0 Å². The molecule has 19 heteroatoms. The zero-order valence-electron chi connectivity index (χ0n) is 50.7. The molecular weight excluding hydrogens is 1100 g/mol. The number of nitrogen functional groups attached to an aromatic ring is 1. The van der Waals surface area contributed by atoms with Crippen LogP contribution in [0.25, 0.3) is 33.3 Å². The number of aromatic hydroxyl groups is 1. The number of aryl methyl sites for hydroxylation is 1. The number of hydrazine groups is 1. The first-order valence-electron chi connectivity index (χ1n) is 30.1. The minimum absolute atomic E-state index is 0.0308. The maximum atomic E-state index is 15.0. The van der Waals surface area contributed by atoms with Crippen LogP contribution in [0.2, 0.25) is 0 Å². The summed E-state index contributed by atoms with van der Waals surface area (Å²) in [5.74, 6) is 4.32. The van der Waals surface area contributed by atoms with Gasteiger partial charge in [0.15, 0.2) is 0 Å². The number of hydrogen-bond donors (Lipinski definition) is 4. The number of likely N-dealkylation sites (tertiary alicyclic amines) is 1. The molecule has 5 aliphatic rings. The molecular formula is C66H84N8O10S. The number of esters is 1. The predicted octanol–water partition coefficient (Wildman–Crippen LogP) is 7.73. The molecule has 454 valence electrons. The third-order valence-electron chi connectivity index (χ3n) is 18.5. The third kappa shape index (κ3) is 13.1. The van der Waals surface area contributed by atoms with E-state index in [1.54, 1.807) is 44.6 Å². The summed E-state index contributed by atoms with van der Waals surface area (Å²) in [6, 6.07) is 17.9. The number of methoxy groups -OCH3 is 1. The average Bonchev–Trinajstić information content (AvgIpc) is 2.47. The minimum atomic E-state index is -3.02. The first-order valence-corrected chi connectivity index (χ1v) is 32.1. The number of fused-ring (bicyclic) bond motifs is 6. The first kappa shape index (κ1) is 61.3. The summed E-state index contributed by atoms with van der Waals surface area (Å²) in [6.45, 7) is 15.5. The summed E-state index contributed by atoms with van der Waals surface area (Å²) in [7, 11) is 0.246. The molecule has 4 aliphatic heterocycles. The minimum Gasteiger partial charge on any atom is -0.508 e. The van der Waals surface area contributed by atoms with Crippen molar-refractivity contribution in [2.45, 2.75) is 147 Å². The average molecular weight is 1180 g/mol. The lowest BCUT2D eigenvalue weighted by Gasteiger charge is -2.51. The van der Waals surface area contributed by atoms with Crippen LogP contribution in [0.1, 0.15) is 126 Å². The van der Waals surface area contributed by atoms with Crippen molar-refractivity contribution in [2.24, 2.45) is 16.7 Å². The lowest BCUT2D eigenvalue weighted by molar-refractivity contribution is -0.155. The van der Waals surface area contributed by atoms with E-state index < -0.39 is 57.3 Å². The van der Waals surface area contributed by atoms with Gasteiger partial charge < -0.3 is 39.8 Å².